The number of nitrogens with zero attached hydrogens (tertiary/aromatic N) is 1. The van der Waals surface area contributed by atoms with Crippen LogP contribution in [-0.4, -0.2) is 22.7 Å². The van der Waals surface area contributed by atoms with Crippen LogP contribution in [0.5, 0.6) is 11.5 Å². The predicted octanol–water partition coefficient (Wildman–Crippen LogP) is 8.60. The summed E-state index contributed by atoms with van der Waals surface area (Å²) in [7, 11) is 0. The fourth-order valence-corrected chi connectivity index (χ4v) is 5.87. The zero-order valence-electron chi connectivity index (χ0n) is 19.2. The van der Waals surface area contributed by atoms with E-state index in [0.29, 0.717) is 42.8 Å². The van der Waals surface area contributed by atoms with E-state index in [2.05, 4.69) is 22.6 Å². The smallest absolute Gasteiger partial charge is 0.293 e. The molecular formula is C26H18Cl3FINO4S. The van der Waals surface area contributed by atoms with Gasteiger partial charge in [0, 0.05) is 21.2 Å². The average Bonchev–Trinajstić information content (AvgIpc) is 3.09. The van der Waals surface area contributed by atoms with Crippen molar-refractivity contribution in [1.29, 1.82) is 0 Å². The summed E-state index contributed by atoms with van der Waals surface area (Å²) in [6.45, 7) is 2.05. The summed E-state index contributed by atoms with van der Waals surface area (Å²) in [5.74, 6) is -0.0880. The van der Waals surface area contributed by atoms with Gasteiger partial charge in [0.2, 0.25) is 0 Å². The van der Waals surface area contributed by atoms with Crippen LogP contribution in [0.1, 0.15) is 23.6 Å². The van der Waals surface area contributed by atoms with Crippen molar-refractivity contribution >= 4 is 86.4 Å². The zero-order valence-corrected chi connectivity index (χ0v) is 24.4. The molecule has 37 heavy (non-hydrogen) atoms. The molecule has 1 saturated heterocycles. The van der Waals surface area contributed by atoms with Gasteiger partial charge in [0.1, 0.15) is 12.4 Å². The molecule has 0 radical (unpaired) electrons. The highest BCUT2D eigenvalue weighted by molar-refractivity contribution is 14.1. The molecule has 0 aliphatic carbocycles. The van der Waals surface area contributed by atoms with Crippen LogP contribution in [0.15, 0.2) is 53.4 Å². The Morgan fingerprint density at radius 1 is 1.00 bits per heavy atom. The quantitative estimate of drug-likeness (QED) is 0.175. The van der Waals surface area contributed by atoms with Crippen molar-refractivity contribution in [3.8, 4) is 11.5 Å². The normalized spacial score (nSPS) is 14.5. The van der Waals surface area contributed by atoms with E-state index in [-0.39, 0.29) is 28.6 Å². The lowest BCUT2D eigenvalue weighted by Gasteiger charge is -2.16. The second kappa shape index (κ2) is 12.3. The van der Waals surface area contributed by atoms with Gasteiger partial charge in [-0.25, -0.2) is 4.39 Å². The van der Waals surface area contributed by atoms with Crippen molar-refractivity contribution in [1.82, 2.24) is 4.90 Å². The average molecular weight is 693 g/mol. The minimum atomic E-state index is -0.467. The van der Waals surface area contributed by atoms with E-state index in [9.17, 15) is 14.0 Å². The van der Waals surface area contributed by atoms with E-state index >= 15 is 0 Å². The standard InChI is InChI=1S/C26H18Cl3FINO4S/c1-2-35-22-10-14(9-21(31)24(22)36-13-16-19(29)7-4-8-20(16)30)11-23-25(33)32(26(34)37-23)12-15-17(27)5-3-6-18(15)28/h3-11H,2,12-13H2,1H3/b23-11-. The maximum atomic E-state index is 14.2. The van der Waals surface area contributed by atoms with Gasteiger partial charge in [0.05, 0.1) is 26.6 Å². The Labute approximate surface area is 246 Å². The summed E-state index contributed by atoms with van der Waals surface area (Å²) in [5, 5.41) is 0.587. The van der Waals surface area contributed by atoms with Gasteiger partial charge in [-0.1, -0.05) is 46.9 Å². The van der Waals surface area contributed by atoms with Crippen LogP contribution >= 0.6 is 69.2 Å². The van der Waals surface area contributed by atoms with Crippen molar-refractivity contribution in [3.63, 3.8) is 0 Å². The number of hydrogen-bond donors (Lipinski definition) is 0. The zero-order chi connectivity index (χ0) is 26.7. The Bertz CT molecular complexity index is 1380. The summed E-state index contributed by atoms with van der Waals surface area (Å²) in [5.41, 5.74) is 1.36. The van der Waals surface area contributed by atoms with E-state index in [0.717, 1.165) is 16.7 Å². The van der Waals surface area contributed by atoms with Crippen LogP contribution in [0.4, 0.5) is 9.18 Å². The number of halogens is 5. The lowest BCUT2D eigenvalue weighted by molar-refractivity contribution is -0.123. The highest BCUT2D eigenvalue weighted by Gasteiger charge is 2.36. The predicted molar refractivity (Wildman–Crippen MR) is 154 cm³/mol. The maximum Gasteiger partial charge on any atom is 0.293 e. The molecule has 5 nitrogen and oxygen atoms in total. The maximum absolute atomic E-state index is 14.2. The van der Waals surface area contributed by atoms with Crippen LogP contribution in [-0.2, 0) is 17.9 Å². The molecular weight excluding hydrogens is 675 g/mol. The molecule has 1 aliphatic heterocycles. The molecule has 2 amide bonds. The number of hydrogen-bond acceptors (Lipinski definition) is 5. The molecule has 0 spiro atoms. The first-order valence-electron chi connectivity index (χ1n) is 10.9. The van der Waals surface area contributed by atoms with Crippen LogP contribution in [0.25, 0.3) is 6.08 Å². The lowest BCUT2D eigenvalue weighted by Crippen LogP contribution is -2.27. The van der Waals surface area contributed by atoms with Crippen molar-refractivity contribution in [2.75, 3.05) is 6.61 Å². The van der Waals surface area contributed by atoms with Gasteiger partial charge in [-0.15, -0.1) is 0 Å². The molecule has 11 heteroatoms. The largest absolute Gasteiger partial charge is 0.490 e. The monoisotopic (exact) mass is 691 g/mol. The third-order valence-corrected chi connectivity index (χ3v) is 8.07. The summed E-state index contributed by atoms with van der Waals surface area (Å²) >= 11 is 21.5. The van der Waals surface area contributed by atoms with Crippen molar-refractivity contribution in [2.24, 2.45) is 0 Å². The van der Waals surface area contributed by atoms with Crippen LogP contribution in [0.3, 0.4) is 0 Å². The molecule has 0 N–H and O–H groups in total. The molecule has 1 fully saturated rings. The molecule has 0 unspecified atom stereocenters. The molecule has 1 aliphatic rings. The summed E-state index contributed by atoms with van der Waals surface area (Å²) in [6, 6.07) is 12.9. The lowest BCUT2D eigenvalue weighted by atomic mass is 10.1. The molecule has 0 saturated carbocycles. The Hall–Kier alpha value is -1.98. The Morgan fingerprint density at radius 2 is 1.65 bits per heavy atom. The Kier molecular flexibility index (Phi) is 9.29. The molecule has 3 aromatic rings. The van der Waals surface area contributed by atoms with Gasteiger partial charge < -0.3 is 9.47 Å². The minimum absolute atomic E-state index is 0.0341. The first kappa shape index (κ1) is 28.0. The van der Waals surface area contributed by atoms with E-state index in [4.69, 9.17) is 44.3 Å². The van der Waals surface area contributed by atoms with Gasteiger partial charge in [-0.3, -0.25) is 14.5 Å². The number of carbonyl (C=O) groups excluding carboxylic acids is 2. The highest BCUT2D eigenvalue weighted by atomic mass is 127. The molecule has 192 valence electrons. The molecule has 4 rings (SSSR count). The van der Waals surface area contributed by atoms with Gasteiger partial charge in [0.25, 0.3) is 11.1 Å². The number of carbonyl (C=O) groups is 2. The summed E-state index contributed by atoms with van der Waals surface area (Å²) in [4.78, 5) is 27.0. The van der Waals surface area contributed by atoms with Crippen LogP contribution in [0.2, 0.25) is 15.1 Å². The van der Waals surface area contributed by atoms with Crippen molar-refractivity contribution in [3.05, 3.63) is 94.6 Å². The van der Waals surface area contributed by atoms with Crippen LogP contribution in [0, 0.1) is 9.39 Å². The van der Waals surface area contributed by atoms with E-state index in [1.807, 2.05) is 6.92 Å². The summed E-state index contributed by atoms with van der Waals surface area (Å²) < 4.78 is 26.5. The van der Waals surface area contributed by atoms with Gasteiger partial charge in [-0.2, -0.15) is 0 Å². The number of rotatable bonds is 8. The third kappa shape index (κ3) is 6.37. The topological polar surface area (TPSA) is 55.8 Å². The molecule has 0 aromatic heterocycles. The minimum Gasteiger partial charge on any atom is -0.490 e. The molecule has 0 atom stereocenters. The van der Waals surface area contributed by atoms with Gasteiger partial charge in [-0.05, 0) is 89.3 Å². The number of ether oxygens (including phenoxy) is 2. The third-order valence-electron chi connectivity index (χ3n) is 5.30. The Morgan fingerprint density at radius 3 is 2.30 bits per heavy atom. The van der Waals surface area contributed by atoms with Crippen LogP contribution < -0.4 is 9.47 Å². The highest BCUT2D eigenvalue weighted by Crippen LogP contribution is 2.39. The first-order chi connectivity index (χ1) is 17.7. The second-order valence-corrected chi connectivity index (χ2v) is 11.1. The fourth-order valence-electron chi connectivity index (χ4n) is 3.52. The van der Waals surface area contributed by atoms with E-state index in [1.54, 1.807) is 42.5 Å². The number of benzene rings is 3. The molecule has 1 heterocycles. The number of thioether (sulfide) groups is 1. The molecule has 3 aromatic carbocycles. The van der Waals surface area contributed by atoms with E-state index < -0.39 is 17.0 Å². The fraction of sp³-hybridized carbons (Fsp3) is 0.154. The second-order valence-electron chi connectivity index (χ2n) is 7.72. The molecule has 0 bridgehead atoms. The SMILES string of the molecule is CCOc1cc(/C=C2\SC(=O)N(Cc3c(Cl)cccc3Cl)C2=O)cc(I)c1OCc1c(F)cccc1Cl. The van der Waals surface area contributed by atoms with Gasteiger partial charge in [0.15, 0.2) is 11.5 Å². The first-order valence-corrected chi connectivity index (χ1v) is 13.9. The number of amides is 2. The van der Waals surface area contributed by atoms with Crippen molar-refractivity contribution < 1.29 is 23.5 Å². The van der Waals surface area contributed by atoms with E-state index in [1.165, 1.54) is 12.1 Å². The van der Waals surface area contributed by atoms with Crippen molar-refractivity contribution in [2.45, 2.75) is 20.1 Å². The van der Waals surface area contributed by atoms with Gasteiger partial charge >= 0.3 is 0 Å². The Balaban J connectivity index is 1.59. The number of imide groups is 1. The summed E-state index contributed by atoms with van der Waals surface area (Å²) in [6.07, 6.45) is 1.61.